The summed E-state index contributed by atoms with van der Waals surface area (Å²) in [6.45, 7) is 4.06. The molecule has 0 unspecified atom stereocenters. The van der Waals surface area contributed by atoms with E-state index < -0.39 is 0 Å². The summed E-state index contributed by atoms with van der Waals surface area (Å²) >= 11 is 0. The highest BCUT2D eigenvalue weighted by molar-refractivity contribution is 5.21. The van der Waals surface area contributed by atoms with Crippen LogP contribution >= 0.6 is 0 Å². The van der Waals surface area contributed by atoms with Crippen LogP contribution in [0.4, 0.5) is 0 Å². The lowest BCUT2D eigenvalue weighted by atomic mass is 10.2. The highest BCUT2D eigenvalue weighted by Gasteiger charge is 1.92. The Morgan fingerprint density at radius 1 is 0.327 bits per heavy atom. The molecule has 0 aliphatic rings. The molecule has 0 amide bonds. The van der Waals surface area contributed by atoms with Gasteiger partial charge < -0.3 is 44.5 Å². The summed E-state index contributed by atoms with van der Waals surface area (Å²) in [5.41, 5.74) is 4.46. The second kappa shape index (κ2) is 35.0. The van der Waals surface area contributed by atoms with Gasteiger partial charge in [-0.15, -0.1) is 0 Å². The molecule has 0 saturated carbocycles. The van der Waals surface area contributed by atoms with Crippen LogP contribution in [0.2, 0.25) is 0 Å². The summed E-state index contributed by atoms with van der Waals surface area (Å²) in [5.74, 6) is 0.802. The molecule has 9 nitrogen and oxygen atoms in total. The average Bonchev–Trinajstić information content (AvgIpc) is 3.21. The van der Waals surface area contributed by atoms with Gasteiger partial charge in [0.15, 0.2) is 0 Å². The summed E-state index contributed by atoms with van der Waals surface area (Å²) in [6, 6.07) is 48.8. The van der Waals surface area contributed by atoms with Gasteiger partial charge in [0.25, 0.3) is 0 Å². The highest BCUT2D eigenvalue weighted by atomic mass is 16.5. The minimum Gasteiger partial charge on any atom is -0.491 e. The van der Waals surface area contributed by atoms with Gasteiger partial charge in [0.1, 0.15) is 12.4 Å². The Hall–Kier alpha value is -4.42. The lowest BCUT2D eigenvalue weighted by molar-refractivity contribution is 0.0274. The quantitative estimate of drug-likeness (QED) is 0.0749. The molecule has 52 heavy (non-hydrogen) atoms. The Morgan fingerprint density at radius 2 is 0.692 bits per heavy atom. The number of aliphatic hydroxyl groups is 5. The highest BCUT2D eigenvalue weighted by Crippen LogP contribution is 2.07. The number of benzene rings is 5. The number of para-hydroxylation sites is 1. The summed E-state index contributed by atoms with van der Waals surface area (Å²) in [5, 5.41) is 42.3. The predicted octanol–water partition coefficient (Wildman–Crippen LogP) is 5.87. The molecule has 5 aromatic rings. The minimum absolute atomic E-state index is 0.0644. The minimum atomic E-state index is 0.0644. The number of ether oxygens (including phenoxy) is 4. The molecular weight excluding hydrogens is 660 g/mol. The molecule has 0 aliphatic heterocycles. The van der Waals surface area contributed by atoms with E-state index in [0.717, 1.165) is 28.9 Å². The monoisotopic (exact) mass is 716 g/mol. The lowest BCUT2D eigenvalue weighted by Crippen LogP contribution is -2.07. The molecule has 0 fully saturated rings. The van der Waals surface area contributed by atoms with Crippen molar-refractivity contribution < 1.29 is 44.5 Å². The first-order valence-corrected chi connectivity index (χ1v) is 17.3. The molecule has 9 heteroatoms. The van der Waals surface area contributed by atoms with Crippen molar-refractivity contribution in [3.05, 3.63) is 174 Å². The zero-order chi connectivity index (χ0) is 37.6. The van der Waals surface area contributed by atoms with Crippen LogP contribution in [0.1, 0.15) is 22.3 Å². The Balaban J connectivity index is 0.000000329. The number of hydrogen-bond donors (Lipinski definition) is 5. The van der Waals surface area contributed by atoms with E-state index in [1.807, 2.05) is 152 Å². The van der Waals surface area contributed by atoms with Gasteiger partial charge in [0, 0.05) is 6.61 Å². The van der Waals surface area contributed by atoms with Gasteiger partial charge in [-0.05, 0) is 40.8 Å². The van der Waals surface area contributed by atoms with Crippen molar-refractivity contribution in [3.8, 4) is 5.75 Å². The Kier molecular flexibility index (Phi) is 30.7. The molecule has 0 aromatic heterocycles. The zero-order valence-corrected chi connectivity index (χ0v) is 30.0. The van der Waals surface area contributed by atoms with Crippen molar-refractivity contribution in [2.24, 2.45) is 0 Å². The van der Waals surface area contributed by atoms with E-state index in [1.54, 1.807) is 0 Å². The molecule has 0 aliphatic carbocycles. The van der Waals surface area contributed by atoms with Gasteiger partial charge in [0.2, 0.25) is 0 Å². The number of rotatable bonds is 17. The molecule has 0 bridgehead atoms. The maximum Gasteiger partial charge on any atom is 0.119 e. The van der Waals surface area contributed by atoms with Crippen LogP contribution in [0, 0.1) is 0 Å². The fraction of sp³-hybridized carbons (Fsp3) is 0.302. The summed E-state index contributed by atoms with van der Waals surface area (Å²) in [6.07, 6.45) is 0.765. The topological polar surface area (TPSA) is 138 Å². The SMILES string of the molecule is OCCOCCOCc1ccccc1.OCCOCc1ccccc1.OCCOc1ccccc1.OCCc1ccccc1.OCc1ccccc1. The molecule has 5 N–H and O–H groups in total. The van der Waals surface area contributed by atoms with Crippen molar-refractivity contribution in [1.29, 1.82) is 0 Å². The lowest BCUT2D eigenvalue weighted by Gasteiger charge is -2.04. The van der Waals surface area contributed by atoms with Crippen molar-refractivity contribution in [2.45, 2.75) is 26.2 Å². The number of aliphatic hydroxyl groups excluding tert-OH is 5. The average molecular weight is 717 g/mol. The fourth-order valence-electron chi connectivity index (χ4n) is 3.91. The van der Waals surface area contributed by atoms with E-state index in [0.29, 0.717) is 46.2 Å². The van der Waals surface area contributed by atoms with Crippen molar-refractivity contribution >= 4 is 0 Å². The maximum atomic E-state index is 8.54. The van der Waals surface area contributed by atoms with Gasteiger partial charge in [-0.3, -0.25) is 0 Å². The standard InChI is InChI=1S/C11H16O3.C9H12O2.C8H10O2.C8H10O.C7H8O/c12-6-7-13-8-9-14-10-11-4-2-1-3-5-11;10-6-7-11-8-9-4-2-1-3-5-9;9-6-7-10-8-4-2-1-3-5-8;9-7-6-8-4-2-1-3-5-8;8-6-7-4-2-1-3-5-7/h1-5,12H,6-10H2;1-5,10H,6-8H2;1-5,9H,6-7H2;1-5,9H,6-7H2;1-5,8H,6H2. The summed E-state index contributed by atoms with van der Waals surface area (Å²) in [4.78, 5) is 0. The Bertz CT molecular complexity index is 1400. The van der Waals surface area contributed by atoms with Crippen LogP contribution in [0.3, 0.4) is 0 Å². The van der Waals surface area contributed by atoms with Crippen molar-refractivity contribution in [1.82, 2.24) is 0 Å². The Labute approximate surface area is 309 Å². The molecule has 0 spiro atoms. The first-order valence-electron chi connectivity index (χ1n) is 17.3. The molecule has 5 rings (SSSR count). The second-order valence-corrected chi connectivity index (χ2v) is 10.6. The molecule has 0 radical (unpaired) electrons. The Morgan fingerprint density at radius 3 is 1.10 bits per heavy atom. The maximum absolute atomic E-state index is 8.54. The third-order valence-corrected chi connectivity index (χ3v) is 6.44. The third-order valence-electron chi connectivity index (χ3n) is 6.44. The molecule has 0 heterocycles. The smallest absolute Gasteiger partial charge is 0.119 e. The van der Waals surface area contributed by atoms with E-state index in [9.17, 15) is 0 Å². The zero-order valence-electron chi connectivity index (χ0n) is 30.0. The first kappa shape index (κ1) is 45.6. The number of hydrogen-bond acceptors (Lipinski definition) is 9. The van der Waals surface area contributed by atoms with E-state index in [1.165, 1.54) is 5.56 Å². The van der Waals surface area contributed by atoms with Crippen LogP contribution in [0.5, 0.6) is 5.75 Å². The van der Waals surface area contributed by atoms with Crippen molar-refractivity contribution in [2.75, 3.05) is 59.5 Å². The molecule has 0 saturated heterocycles. The van der Waals surface area contributed by atoms with Crippen LogP contribution in [-0.4, -0.2) is 85.0 Å². The van der Waals surface area contributed by atoms with E-state index in [-0.39, 0.29) is 33.0 Å². The van der Waals surface area contributed by atoms with Gasteiger partial charge in [0.05, 0.1) is 66.1 Å². The van der Waals surface area contributed by atoms with Crippen LogP contribution < -0.4 is 4.74 Å². The third kappa shape index (κ3) is 27.3. The first-order chi connectivity index (χ1) is 25.7. The fourth-order valence-corrected chi connectivity index (χ4v) is 3.91. The van der Waals surface area contributed by atoms with Crippen LogP contribution in [-0.2, 0) is 40.5 Å². The van der Waals surface area contributed by atoms with Crippen molar-refractivity contribution in [3.63, 3.8) is 0 Å². The van der Waals surface area contributed by atoms with Crippen LogP contribution in [0.25, 0.3) is 0 Å². The largest absolute Gasteiger partial charge is 0.491 e. The van der Waals surface area contributed by atoms with E-state index >= 15 is 0 Å². The molecule has 0 atom stereocenters. The molecular formula is C43H56O9. The van der Waals surface area contributed by atoms with Gasteiger partial charge in [-0.1, -0.05) is 140 Å². The summed E-state index contributed by atoms with van der Waals surface area (Å²) < 4.78 is 20.6. The molecule has 5 aromatic carbocycles. The summed E-state index contributed by atoms with van der Waals surface area (Å²) in [7, 11) is 0. The van der Waals surface area contributed by atoms with Gasteiger partial charge in [-0.2, -0.15) is 0 Å². The van der Waals surface area contributed by atoms with E-state index in [4.69, 9.17) is 44.5 Å². The van der Waals surface area contributed by atoms with Crippen LogP contribution in [0.15, 0.2) is 152 Å². The molecule has 282 valence electrons. The predicted molar refractivity (Wildman–Crippen MR) is 206 cm³/mol. The second-order valence-electron chi connectivity index (χ2n) is 10.6. The van der Waals surface area contributed by atoms with Gasteiger partial charge >= 0.3 is 0 Å². The normalized spacial score (nSPS) is 9.71. The van der Waals surface area contributed by atoms with Gasteiger partial charge in [-0.25, -0.2) is 0 Å². The van der Waals surface area contributed by atoms with E-state index in [2.05, 4.69) is 0 Å².